The standard InChI is InChI=1S/C17H23NO2/c1-16-9-6-10-17(2,12-11-16)14(16)20-15(19)18-13-7-4-3-5-8-13/h3-5,7-8,14H,6,9-12H2,1-2H3,(H,18,19). The normalized spacial score (nSPS) is 35.6. The SMILES string of the molecule is CC12CCCC(C)(CC1)C2OC(=O)Nc1ccccc1. The first-order valence-corrected chi connectivity index (χ1v) is 7.55. The third-order valence-corrected chi connectivity index (χ3v) is 5.27. The Hall–Kier alpha value is -1.51. The molecule has 1 aromatic carbocycles. The molecule has 2 aliphatic carbocycles. The highest BCUT2D eigenvalue weighted by Gasteiger charge is 2.56. The predicted octanol–water partition coefficient (Wildman–Crippen LogP) is 4.59. The largest absolute Gasteiger partial charge is 0.445 e. The number of rotatable bonds is 2. The van der Waals surface area contributed by atoms with Crippen molar-refractivity contribution in [3.05, 3.63) is 30.3 Å². The van der Waals surface area contributed by atoms with E-state index in [2.05, 4.69) is 19.2 Å². The lowest BCUT2D eigenvalue weighted by Crippen LogP contribution is -2.44. The molecule has 0 radical (unpaired) electrons. The van der Waals surface area contributed by atoms with Gasteiger partial charge >= 0.3 is 6.09 Å². The van der Waals surface area contributed by atoms with E-state index in [1.54, 1.807) is 0 Å². The smallest absolute Gasteiger partial charge is 0.411 e. The zero-order valence-electron chi connectivity index (χ0n) is 12.3. The summed E-state index contributed by atoms with van der Waals surface area (Å²) in [5.41, 5.74) is 1.12. The van der Waals surface area contributed by atoms with Crippen LogP contribution in [0.3, 0.4) is 0 Å². The zero-order valence-corrected chi connectivity index (χ0v) is 12.3. The second-order valence-corrected chi connectivity index (χ2v) is 6.94. The van der Waals surface area contributed by atoms with Gasteiger partial charge < -0.3 is 4.74 Å². The fraction of sp³-hybridized carbons (Fsp3) is 0.588. The summed E-state index contributed by atoms with van der Waals surface area (Å²) < 4.78 is 5.84. The lowest BCUT2D eigenvalue weighted by Gasteiger charge is -2.43. The molecule has 20 heavy (non-hydrogen) atoms. The number of para-hydroxylation sites is 1. The molecule has 3 nitrogen and oxygen atoms in total. The molecule has 0 spiro atoms. The summed E-state index contributed by atoms with van der Waals surface area (Å²) >= 11 is 0. The number of benzene rings is 1. The molecule has 2 atom stereocenters. The van der Waals surface area contributed by atoms with E-state index in [0.29, 0.717) is 0 Å². The van der Waals surface area contributed by atoms with Gasteiger partial charge in [-0.1, -0.05) is 38.5 Å². The van der Waals surface area contributed by atoms with Crippen molar-refractivity contribution in [3.63, 3.8) is 0 Å². The average molecular weight is 273 g/mol. The quantitative estimate of drug-likeness (QED) is 0.855. The Morgan fingerprint density at radius 2 is 1.70 bits per heavy atom. The molecule has 0 saturated heterocycles. The molecule has 2 unspecified atom stereocenters. The molecule has 1 N–H and O–H groups in total. The van der Waals surface area contributed by atoms with Crippen LogP contribution in [0.2, 0.25) is 0 Å². The molecule has 2 fully saturated rings. The van der Waals surface area contributed by atoms with Crippen molar-refractivity contribution < 1.29 is 9.53 Å². The van der Waals surface area contributed by atoms with Gasteiger partial charge in [0.25, 0.3) is 0 Å². The maximum Gasteiger partial charge on any atom is 0.411 e. The average Bonchev–Trinajstić information content (AvgIpc) is 2.57. The molecule has 2 aliphatic rings. The number of ether oxygens (including phenoxy) is 1. The van der Waals surface area contributed by atoms with Crippen LogP contribution in [0.4, 0.5) is 10.5 Å². The van der Waals surface area contributed by atoms with Crippen molar-refractivity contribution >= 4 is 11.8 Å². The van der Waals surface area contributed by atoms with Crippen molar-refractivity contribution in [2.24, 2.45) is 10.8 Å². The Morgan fingerprint density at radius 1 is 1.10 bits per heavy atom. The van der Waals surface area contributed by atoms with Crippen LogP contribution < -0.4 is 5.32 Å². The summed E-state index contributed by atoms with van der Waals surface area (Å²) in [5.74, 6) is 0. The first-order chi connectivity index (χ1) is 9.52. The molecule has 108 valence electrons. The number of hydrogen-bond donors (Lipinski definition) is 1. The Bertz CT molecular complexity index is 483. The van der Waals surface area contributed by atoms with Gasteiger partial charge in [-0.25, -0.2) is 4.79 Å². The van der Waals surface area contributed by atoms with Crippen molar-refractivity contribution in [1.82, 2.24) is 0 Å². The molecule has 0 heterocycles. The van der Waals surface area contributed by atoms with Crippen LogP contribution in [0, 0.1) is 10.8 Å². The number of carbonyl (C=O) groups is 1. The van der Waals surface area contributed by atoms with Gasteiger partial charge in [0.1, 0.15) is 6.10 Å². The van der Waals surface area contributed by atoms with E-state index in [-0.39, 0.29) is 23.0 Å². The minimum atomic E-state index is -0.317. The second kappa shape index (κ2) is 4.80. The highest BCUT2D eigenvalue weighted by Crippen LogP contribution is 2.59. The summed E-state index contributed by atoms with van der Waals surface area (Å²) in [5, 5.41) is 2.83. The summed E-state index contributed by atoms with van der Waals surface area (Å²) in [4.78, 5) is 12.2. The van der Waals surface area contributed by atoms with E-state index >= 15 is 0 Å². The maximum absolute atomic E-state index is 12.2. The van der Waals surface area contributed by atoms with Gasteiger partial charge in [-0.3, -0.25) is 5.32 Å². The fourth-order valence-corrected chi connectivity index (χ4v) is 4.14. The lowest BCUT2D eigenvalue weighted by molar-refractivity contribution is -0.0482. The maximum atomic E-state index is 12.2. The zero-order chi connectivity index (χ0) is 14.2. The van der Waals surface area contributed by atoms with E-state index in [1.807, 2.05) is 30.3 Å². The third-order valence-electron chi connectivity index (χ3n) is 5.27. The van der Waals surface area contributed by atoms with Gasteiger partial charge in [0, 0.05) is 16.5 Å². The van der Waals surface area contributed by atoms with Gasteiger partial charge in [0.2, 0.25) is 0 Å². The van der Waals surface area contributed by atoms with Crippen LogP contribution in [0.15, 0.2) is 30.3 Å². The summed E-state index contributed by atoms with van der Waals surface area (Å²) in [6.45, 7) is 4.55. The molecule has 3 heteroatoms. The second-order valence-electron chi connectivity index (χ2n) is 6.94. The van der Waals surface area contributed by atoms with Gasteiger partial charge in [-0.2, -0.15) is 0 Å². The summed E-state index contributed by atoms with van der Waals surface area (Å²) in [6.07, 6.45) is 5.68. The minimum absolute atomic E-state index is 0.0486. The summed E-state index contributed by atoms with van der Waals surface area (Å²) in [7, 11) is 0. The van der Waals surface area contributed by atoms with Crippen molar-refractivity contribution in [3.8, 4) is 0 Å². The minimum Gasteiger partial charge on any atom is -0.445 e. The molecule has 0 aromatic heterocycles. The van der Waals surface area contributed by atoms with Gasteiger partial charge in [-0.15, -0.1) is 0 Å². The number of amides is 1. The number of hydrogen-bond acceptors (Lipinski definition) is 2. The van der Waals surface area contributed by atoms with Crippen molar-refractivity contribution in [2.45, 2.75) is 52.1 Å². The van der Waals surface area contributed by atoms with Crippen LogP contribution in [-0.4, -0.2) is 12.2 Å². The monoisotopic (exact) mass is 273 g/mol. The van der Waals surface area contributed by atoms with Crippen LogP contribution in [0.1, 0.15) is 46.0 Å². The van der Waals surface area contributed by atoms with Crippen LogP contribution >= 0.6 is 0 Å². The molecule has 2 bridgehead atoms. The number of anilines is 1. The number of nitrogens with one attached hydrogen (secondary N) is 1. The lowest BCUT2D eigenvalue weighted by atomic mass is 9.68. The van der Waals surface area contributed by atoms with Crippen molar-refractivity contribution in [1.29, 1.82) is 0 Å². The van der Waals surface area contributed by atoms with E-state index in [9.17, 15) is 4.79 Å². The van der Waals surface area contributed by atoms with Gasteiger partial charge in [-0.05, 0) is 37.8 Å². The van der Waals surface area contributed by atoms with E-state index in [0.717, 1.165) is 5.69 Å². The van der Waals surface area contributed by atoms with E-state index < -0.39 is 0 Å². The Labute approximate surface area is 120 Å². The number of carbonyl (C=O) groups excluding carboxylic acids is 1. The molecule has 1 aromatic rings. The van der Waals surface area contributed by atoms with Gasteiger partial charge in [0.15, 0.2) is 0 Å². The molecular formula is C17H23NO2. The predicted molar refractivity (Wildman–Crippen MR) is 79.6 cm³/mol. The topological polar surface area (TPSA) is 38.3 Å². The molecular weight excluding hydrogens is 250 g/mol. The van der Waals surface area contributed by atoms with E-state index in [1.165, 1.54) is 32.1 Å². The highest BCUT2D eigenvalue weighted by atomic mass is 16.6. The van der Waals surface area contributed by atoms with Crippen LogP contribution in [0.25, 0.3) is 0 Å². The molecule has 2 saturated carbocycles. The van der Waals surface area contributed by atoms with Crippen LogP contribution in [0.5, 0.6) is 0 Å². The fourth-order valence-electron chi connectivity index (χ4n) is 4.14. The molecule has 0 aliphatic heterocycles. The van der Waals surface area contributed by atoms with E-state index in [4.69, 9.17) is 4.74 Å². The van der Waals surface area contributed by atoms with Crippen molar-refractivity contribution in [2.75, 3.05) is 5.32 Å². The Kier molecular flexibility index (Phi) is 3.23. The first kappa shape index (κ1) is 13.5. The van der Waals surface area contributed by atoms with Gasteiger partial charge in [0.05, 0.1) is 0 Å². The Morgan fingerprint density at radius 3 is 2.30 bits per heavy atom. The van der Waals surface area contributed by atoms with Crippen LogP contribution in [-0.2, 0) is 4.74 Å². The number of fused-ring (bicyclic) bond motifs is 2. The first-order valence-electron chi connectivity index (χ1n) is 7.55. The highest BCUT2D eigenvalue weighted by molar-refractivity contribution is 5.84. The molecule has 1 amide bonds. The Balaban J connectivity index is 1.69. The third kappa shape index (κ3) is 2.30. The summed E-state index contributed by atoms with van der Waals surface area (Å²) in [6, 6.07) is 9.49. The molecule has 3 rings (SSSR count).